The number of alkyl carbamates (subject to hydrolysis) is 1. The van der Waals surface area contributed by atoms with Gasteiger partial charge in [-0.25, -0.2) is 4.79 Å². The zero-order valence-corrected chi connectivity index (χ0v) is 21.3. The van der Waals surface area contributed by atoms with Gasteiger partial charge in [-0.1, -0.05) is 50.6 Å². The molecule has 0 aliphatic carbocycles. The average molecular weight is 478 g/mol. The lowest BCUT2D eigenvalue weighted by Crippen LogP contribution is -2.54. The second-order valence-electron chi connectivity index (χ2n) is 9.12. The molecule has 0 radical (unpaired) electrons. The van der Waals surface area contributed by atoms with Gasteiger partial charge in [-0.3, -0.25) is 14.4 Å². The van der Waals surface area contributed by atoms with Gasteiger partial charge in [0.05, 0.1) is 13.0 Å². The Bertz CT molecular complexity index is 822. The van der Waals surface area contributed by atoms with E-state index >= 15 is 0 Å². The number of esters is 1. The minimum absolute atomic E-state index is 0.0223. The highest BCUT2D eigenvalue weighted by Gasteiger charge is 2.36. The minimum Gasteiger partial charge on any atom is -0.466 e. The van der Waals surface area contributed by atoms with Crippen LogP contribution in [0.3, 0.4) is 0 Å². The number of rotatable bonds is 11. The van der Waals surface area contributed by atoms with Crippen LogP contribution in [0.4, 0.5) is 4.79 Å². The first-order valence-corrected chi connectivity index (χ1v) is 11.7. The Kier molecular flexibility index (Phi) is 11.5. The molecule has 9 nitrogen and oxygen atoms in total. The van der Waals surface area contributed by atoms with E-state index in [1.807, 2.05) is 19.9 Å². The monoisotopic (exact) mass is 477 g/mol. The molecule has 9 heteroatoms. The summed E-state index contributed by atoms with van der Waals surface area (Å²) in [5.74, 6) is -1.48. The second kappa shape index (κ2) is 13.6. The number of carbonyl (C=O) groups excluding carboxylic acids is 4. The van der Waals surface area contributed by atoms with Gasteiger partial charge in [-0.15, -0.1) is 0 Å². The maximum Gasteiger partial charge on any atom is 0.408 e. The number of nitrogens with one attached hydrogen (secondary N) is 2. The van der Waals surface area contributed by atoms with Gasteiger partial charge >= 0.3 is 12.1 Å². The van der Waals surface area contributed by atoms with Gasteiger partial charge in [0.25, 0.3) is 0 Å². The lowest BCUT2D eigenvalue weighted by molar-refractivity contribution is -0.144. The van der Waals surface area contributed by atoms with Crippen molar-refractivity contribution >= 4 is 23.9 Å². The summed E-state index contributed by atoms with van der Waals surface area (Å²) >= 11 is 0. The molecule has 1 rings (SSSR count). The van der Waals surface area contributed by atoms with E-state index in [0.29, 0.717) is 12.0 Å². The van der Waals surface area contributed by atoms with Crippen molar-refractivity contribution in [1.82, 2.24) is 15.5 Å². The average Bonchev–Trinajstić information content (AvgIpc) is 2.76. The number of carbonyl (C=O) groups is 4. The molecule has 1 aromatic carbocycles. The standard InChI is InChI=1S/C25H39N3O6/c1-8-17(3)20(27-24(32)34-25(4,5)6)23(31)28(7)21(18-13-11-10-12-14-18)22(30)26-16-15-19(29)33-9-2/h10-14,17,20-21H,8-9,15-16H2,1-7H3,(H,26,30)(H,27,32). The summed E-state index contributed by atoms with van der Waals surface area (Å²) in [4.78, 5) is 52.0. The van der Waals surface area contributed by atoms with Crippen molar-refractivity contribution < 1.29 is 28.7 Å². The molecule has 0 aliphatic heterocycles. The first-order chi connectivity index (χ1) is 15.9. The minimum atomic E-state index is -0.956. The van der Waals surface area contributed by atoms with E-state index < -0.39 is 41.6 Å². The van der Waals surface area contributed by atoms with Crippen molar-refractivity contribution in [3.05, 3.63) is 35.9 Å². The lowest BCUT2D eigenvalue weighted by Gasteiger charge is -2.33. The molecule has 0 aliphatic rings. The predicted molar refractivity (Wildman–Crippen MR) is 129 cm³/mol. The molecule has 0 heterocycles. The Balaban J connectivity index is 3.11. The van der Waals surface area contributed by atoms with Gasteiger partial charge in [0.2, 0.25) is 11.8 Å². The van der Waals surface area contributed by atoms with Crippen LogP contribution in [0.25, 0.3) is 0 Å². The maximum atomic E-state index is 13.5. The fraction of sp³-hybridized carbons (Fsp3) is 0.600. The van der Waals surface area contributed by atoms with Crippen LogP contribution in [-0.4, -0.2) is 60.6 Å². The van der Waals surface area contributed by atoms with Crippen LogP contribution in [0.15, 0.2) is 30.3 Å². The summed E-state index contributed by atoms with van der Waals surface area (Å²) in [7, 11) is 1.52. The van der Waals surface area contributed by atoms with Crippen LogP contribution in [0, 0.1) is 5.92 Å². The molecule has 3 unspecified atom stereocenters. The zero-order valence-electron chi connectivity index (χ0n) is 21.3. The number of hydrogen-bond acceptors (Lipinski definition) is 6. The molecule has 2 N–H and O–H groups in total. The van der Waals surface area contributed by atoms with Gasteiger partial charge in [-0.05, 0) is 39.2 Å². The van der Waals surface area contributed by atoms with Crippen molar-refractivity contribution in [2.24, 2.45) is 5.92 Å². The molecule has 0 fully saturated rings. The van der Waals surface area contributed by atoms with Gasteiger partial charge < -0.3 is 25.0 Å². The van der Waals surface area contributed by atoms with Crippen LogP contribution in [0.1, 0.15) is 66.0 Å². The van der Waals surface area contributed by atoms with E-state index in [9.17, 15) is 19.2 Å². The summed E-state index contributed by atoms with van der Waals surface area (Å²) in [6, 6.07) is 7.02. The third-order valence-corrected chi connectivity index (χ3v) is 5.18. The molecular weight excluding hydrogens is 438 g/mol. The van der Waals surface area contributed by atoms with E-state index in [1.165, 1.54) is 11.9 Å². The largest absolute Gasteiger partial charge is 0.466 e. The van der Waals surface area contributed by atoms with Gasteiger partial charge in [-0.2, -0.15) is 0 Å². The van der Waals surface area contributed by atoms with Gasteiger partial charge in [0, 0.05) is 13.6 Å². The van der Waals surface area contributed by atoms with Crippen LogP contribution in [0.2, 0.25) is 0 Å². The number of likely N-dealkylation sites (N-methyl/N-ethyl adjacent to an activating group) is 1. The normalized spacial score (nSPS) is 13.7. The second-order valence-corrected chi connectivity index (χ2v) is 9.12. The van der Waals surface area contributed by atoms with Crippen molar-refractivity contribution in [1.29, 1.82) is 0 Å². The number of amides is 3. The highest BCUT2D eigenvalue weighted by Crippen LogP contribution is 2.23. The SMILES string of the molecule is CCOC(=O)CCNC(=O)C(c1ccccc1)N(C)C(=O)C(NC(=O)OC(C)(C)C)C(C)CC. The number of hydrogen-bond donors (Lipinski definition) is 2. The molecular formula is C25H39N3O6. The number of benzene rings is 1. The molecule has 0 spiro atoms. The third-order valence-electron chi connectivity index (χ3n) is 5.18. The summed E-state index contributed by atoms with van der Waals surface area (Å²) in [6.07, 6.45) is -0.0503. The fourth-order valence-electron chi connectivity index (χ4n) is 3.27. The maximum absolute atomic E-state index is 13.5. The van der Waals surface area contributed by atoms with Crippen LogP contribution in [0.5, 0.6) is 0 Å². The van der Waals surface area contributed by atoms with Crippen LogP contribution >= 0.6 is 0 Å². The Morgan fingerprint density at radius 1 is 1.06 bits per heavy atom. The smallest absolute Gasteiger partial charge is 0.408 e. The Morgan fingerprint density at radius 2 is 1.68 bits per heavy atom. The van der Waals surface area contributed by atoms with Crippen molar-refractivity contribution in [2.75, 3.05) is 20.2 Å². The Morgan fingerprint density at radius 3 is 2.21 bits per heavy atom. The van der Waals surface area contributed by atoms with Crippen LogP contribution in [-0.2, 0) is 23.9 Å². The van der Waals surface area contributed by atoms with Crippen molar-refractivity contribution in [3.63, 3.8) is 0 Å². The van der Waals surface area contributed by atoms with Crippen molar-refractivity contribution in [2.45, 2.75) is 72.1 Å². The fourth-order valence-corrected chi connectivity index (χ4v) is 3.27. The molecule has 0 saturated carbocycles. The predicted octanol–water partition coefficient (Wildman–Crippen LogP) is 3.19. The molecule has 3 amide bonds. The summed E-state index contributed by atoms with van der Waals surface area (Å²) in [5.41, 5.74) is -0.114. The number of nitrogens with zero attached hydrogens (tertiary/aromatic N) is 1. The van der Waals surface area contributed by atoms with Crippen LogP contribution < -0.4 is 10.6 Å². The molecule has 3 atom stereocenters. The highest BCUT2D eigenvalue weighted by atomic mass is 16.6. The molecule has 190 valence electrons. The topological polar surface area (TPSA) is 114 Å². The van der Waals surface area contributed by atoms with E-state index in [2.05, 4.69) is 10.6 Å². The van der Waals surface area contributed by atoms with Gasteiger partial charge in [0.15, 0.2) is 0 Å². The zero-order chi connectivity index (χ0) is 25.9. The van der Waals surface area contributed by atoms with E-state index in [0.717, 1.165) is 0 Å². The lowest BCUT2D eigenvalue weighted by atomic mass is 9.96. The molecule has 0 bridgehead atoms. The molecule has 0 aromatic heterocycles. The summed E-state index contributed by atoms with van der Waals surface area (Å²) < 4.78 is 10.2. The summed E-state index contributed by atoms with van der Waals surface area (Å²) in [5, 5.41) is 5.39. The quantitative estimate of drug-likeness (QED) is 0.473. The van der Waals surface area contributed by atoms with E-state index in [1.54, 1.807) is 52.0 Å². The first-order valence-electron chi connectivity index (χ1n) is 11.7. The van der Waals surface area contributed by atoms with E-state index in [4.69, 9.17) is 9.47 Å². The molecule has 0 saturated heterocycles. The highest BCUT2D eigenvalue weighted by molar-refractivity contribution is 5.92. The third kappa shape index (κ3) is 9.41. The molecule has 1 aromatic rings. The Labute approximate surface area is 202 Å². The van der Waals surface area contributed by atoms with Crippen molar-refractivity contribution in [3.8, 4) is 0 Å². The number of ether oxygens (including phenoxy) is 2. The van der Waals surface area contributed by atoms with Gasteiger partial charge in [0.1, 0.15) is 17.7 Å². The molecule has 34 heavy (non-hydrogen) atoms. The first kappa shape index (κ1) is 28.9. The Hall–Kier alpha value is -3.10. The van der Waals surface area contributed by atoms with E-state index in [-0.39, 0.29) is 25.5 Å². The summed E-state index contributed by atoms with van der Waals surface area (Å²) in [6.45, 7) is 11.0.